The van der Waals surface area contributed by atoms with Gasteiger partial charge < -0.3 is 15.7 Å². The number of rotatable bonds is 5. The molecule has 3 atom stereocenters. The minimum Gasteiger partial charge on any atom is -0.480 e. The van der Waals surface area contributed by atoms with Gasteiger partial charge in [0.25, 0.3) is 0 Å². The molecule has 1 saturated heterocycles. The van der Waals surface area contributed by atoms with Crippen LogP contribution in [0, 0.1) is 11.8 Å². The van der Waals surface area contributed by atoms with Gasteiger partial charge in [0.2, 0.25) is 11.8 Å². The Morgan fingerprint density at radius 3 is 2.67 bits per heavy atom. The highest BCUT2D eigenvalue weighted by Crippen LogP contribution is 2.13. The number of carboxylic acid groups (broad SMARTS) is 1. The number of carboxylic acids is 1. The molecule has 1 heterocycles. The zero-order chi connectivity index (χ0) is 13.7. The molecule has 1 aliphatic rings. The monoisotopic (exact) mass is 256 g/mol. The number of amides is 2. The van der Waals surface area contributed by atoms with Crippen LogP contribution in [0.15, 0.2) is 0 Å². The van der Waals surface area contributed by atoms with Crippen LogP contribution in [0.4, 0.5) is 0 Å². The van der Waals surface area contributed by atoms with Crippen LogP contribution in [0.5, 0.6) is 0 Å². The van der Waals surface area contributed by atoms with E-state index in [9.17, 15) is 14.4 Å². The van der Waals surface area contributed by atoms with E-state index in [2.05, 4.69) is 10.6 Å². The Bertz CT molecular complexity index is 333. The minimum atomic E-state index is -1.02. The minimum absolute atomic E-state index is 0.0595. The van der Waals surface area contributed by atoms with Gasteiger partial charge in [-0.2, -0.15) is 0 Å². The summed E-state index contributed by atoms with van der Waals surface area (Å²) in [6, 6.07) is -0.861. The van der Waals surface area contributed by atoms with Crippen molar-refractivity contribution in [2.24, 2.45) is 11.8 Å². The average molecular weight is 256 g/mol. The summed E-state index contributed by atoms with van der Waals surface area (Å²) in [5.74, 6) is -1.81. The fourth-order valence-corrected chi connectivity index (χ4v) is 1.91. The lowest BCUT2D eigenvalue weighted by Crippen LogP contribution is -2.50. The molecular weight excluding hydrogens is 236 g/mol. The lowest BCUT2D eigenvalue weighted by Gasteiger charge is -2.25. The number of hydrogen-bond acceptors (Lipinski definition) is 3. The first kappa shape index (κ1) is 14.5. The normalized spacial score (nSPS) is 22.8. The predicted molar refractivity (Wildman–Crippen MR) is 64.8 cm³/mol. The van der Waals surface area contributed by atoms with E-state index in [0.717, 1.165) is 0 Å². The molecule has 1 fully saturated rings. The van der Waals surface area contributed by atoms with Crippen LogP contribution in [-0.2, 0) is 14.4 Å². The van der Waals surface area contributed by atoms with Crippen molar-refractivity contribution in [3.63, 3.8) is 0 Å². The number of carbonyl (C=O) groups is 3. The lowest BCUT2D eigenvalue weighted by atomic mass is 9.95. The number of nitrogens with one attached hydrogen (secondary N) is 2. The van der Waals surface area contributed by atoms with E-state index in [4.69, 9.17) is 5.11 Å². The van der Waals surface area contributed by atoms with Gasteiger partial charge in [0, 0.05) is 13.0 Å². The third-order valence-electron chi connectivity index (χ3n) is 3.41. The molecule has 2 unspecified atom stereocenters. The summed E-state index contributed by atoms with van der Waals surface area (Å²) in [4.78, 5) is 34.0. The molecule has 1 rings (SSSR count). The van der Waals surface area contributed by atoms with E-state index in [1.165, 1.54) is 0 Å². The predicted octanol–water partition coefficient (Wildman–Crippen LogP) is 0.128. The van der Waals surface area contributed by atoms with Gasteiger partial charge in [0.05, 0.1) is 5.92 Å². The molecule has 0 aliphatic carbocycles. The maximum Gasteiger partial charge on any atom is 0.326 e. The molecule has 1 aliphatic heterocycles. The van der Waals surface area contributed by atoms with E-state index >= 15 is 0 Å². The first-order valence-electron chi connectivity index (χ1n) is 6.25. The number of piperidine rings is 1. The second-order valence-electron chi connectivity index (χ2n) is 4.75. The molecule has 6 nitrogen and oxygen atoms in total. The van der Waals surface area contributed by atoms with Crippen LogP contribution in [0.2, 0.25) is 0 Å². The third kappa shape index (κ3) is 3.72. The molecule has 6 heteroatoms. The molecular formula is C12H20N2O4. The third-order valence-corrected chi connectivity index (χ3v) is 3.41. The molecule has 0 spiro atoms. The molecule has 0 aromatic heterocycles. The van der Waals surface area contributed by atoms with Crippen LogP contribution in [0.1, 0.15) is 33.1 Å². The Hall–Kier alpha value is -1.59. The summed E-state index contributed by atoms with van der Waals surface area (Å²) in [7, 11) is 0. The van der Waals surface area contributed by atoms with Crippen molar-refractivity contribution in [2.45, 2.75) is 39.2 Å². The molecule has 0 bridgehead atoms. The Kier molecular flexibility index (Phi) is 5.12. The number of aliphatic carboxylic acids is 1. The van der Waals surface area contributed by atoms with Crippen molar-refractivity contribution in [3.05, 3.63) is 0 Å². The molecule has 0 aromatic carbocycles. The average Bonchev–Trinajstić information content (AvgIpc) is 2.35. The van der Waals surface area contributed by atoms with Gasteiger partial charge in [-0.05, 0) is 12.3 Å². The van der Waals surface area contributed by atoms with E-state index < -0.39 is 12.0 Å². The number of carbonyl (C=O) groups excluding carboxylic acids is 2. The zero-order valence-electron chi connectivity index (χ0n) is 10.7. The van der Waals surface area contributed by atoms with Gasteiger partial charge in [0.1, 0.15) is 6.04 Å². The van der Waals surface area contributed by atoms with Crippen molar-refractivity contribution in [3.8, 4) is 0 Å². The van der Waals surface area contributed by atoms with E-state index in [0.29, 0.717) is 19.3 Å². The van der Waals surface area contributed by atoms with Crippen molar-refractivity contribution < 1.29 is 19.5 Å². The highest BCUT2D eigenvalue weighted by Gasteiger charge is 2.30. The number of hydrogen-bond donors (Lipinski definition) is 3. The molecule has 102 valence electrons. The van der Waals surface area contributed by atoms with Crippen LogP contribution >= 0.6 is 0 Å². The fourth-order valence-electron chi connectivity index (χ4n) is 1.91. The summed E-state index contributed by atoms with van der Waals surface area (Å²) in [6.07, 6.45) is 1.47. The first-order chi connectivity index (χ1) is 8.45. The van der Waals surface area contributed by atoms with Crippen molar-refractivity contribution in [1.29, 1.82) is 0 Å². The highest BCUT2D eigenvalue weighted by atomic mass is 16.4. The van der Waals surface area contributed by atoms with Gasteiger partial charge in [-0.15, -0.1) is 0 Å². The Morgan fingerprint density at radius 2 is 2.22 bits per heavy atom. The summed E-state index contributed by atoms with van der Waals surface area (Å²) >= 11 is 0. The summed E-state index contributed by atoms with van der Waals surface area (Å²) < 4.78 is 0. The van der Waals surface area contributed by atoms with E-state index in [-0.39, 0.29) is 30.2 Å². The topological polar surface area (TPSA) is 95.5 Å². The summed E-state index contributed by atoms with van der Waals surface area (Å²) in [5, 5.41) is 14.3. The second kappa shape index (κ2) is 6.37. The van der Waals surface area contributed by atoms with Crippen LogP contribution in [-0.4, -0.2) is 35.5 Å². The van der Waals surface area contributed by atoms with Crippen molar-refractivity contribution in [2.75, 3.05) is 6.54 Å². The van der Waals surface area contributed by atoms with Crippen LogP contribution in [0.3, 0.4) is 0 Å². The SMILES string of the molecule is CCC(C)[C@H](NC(=O)C1CCC(=O)NC1)C(=O)O. The highest BCUT2D eigenvalue weighted by molar-refractivity contribution is 5.87. The van der Waals surface area contributed by atoms with Crippen molar-refractivity contribution >= 4 is 17.8 Å². The molecule has 0 aromatic rings. The molecule has 2 amide bonds. The maximum absolute atomic E-state index is 11.9. The zero-order valence-corrected chi connectivity index (χ0v) is 10.7. The van der Waals surface area contributed by atoms with Crippen LogP contribution in [0.25, 0.3) is 0 Å². The molecule has 3 N–H and O–H groups in total. The first-order valence-corrected chi connectivity index (χ1v) is 6.25. The van der Waals surface area contributed by atoms with Gasteiger partial charge >= 0.3 is 5.97 Å². The maximum atomic E-state index is 11.9. The van der Waals surface area contributed by atoms with Gasteiger partial charge in [-0.1, -0.05) is 20.3 Å². The lowest BCUT2D eigenvalue weighted by molar-refractivity contribution is -0.144. The smallest absolute Gasteiger partial charge is 0.326 e. The van der Waals surface area contributed by atoms with Crippen LogP contribution < -0.4 is 10.6 Å². The quantitative estimate of drug-likeness (QED) is 0.651. The Morgan fingerprint density at radius 1 is 1.56 bits per heavy atom. The molecule has 0 saturated carbocycles. The Labute approximate surface area is 106 Å². The van der Waals surface area contributed by atoms with E-state index in [1.54, 1.807) is 6.92 Å². The largest absolute Gasteiger partial charge is 0.480 e. The van der Waals surface area contributed by atoms with Gasteiger partial charge in [-0.25, -0.2) is 4.79 Å². The summed E-state index contributed by atoms with van der Waals surface area (Å²) in [6.45, 7) is 3.97. The Balaban J connectivity index is 2.56. The van der Waals surface area contributed by atoms with Crippen molar-refractivity contribution in [1.82, 2.24) is 10.6 Å². The van der Waals surface area contributed by atoms with E-state index in [1.807, 2.05) is 6.92 Å². The second-order valence-corrected chi connectivity index (χ2v) is 4.75. The van der Waals surface area contributed by atoms with Gasteiger partial charge in [-0.3, -0.25) is 9.59 Å². The molecule has 18 heavy (non-hydrogen) atoms. The summed E-state index contributed by atoms with van der Waals surface area (Å²) in [5.41, 5.74) is 0. The fraction of sp³-hybridized carbons (Fsp3) is 0.750. The standard InChI is InChI=1S/C12H20N2O4/c1-3-7(2)10(12(17)18)14-11(16)8-4-5-9(15)13-6-8/h7-8,10H,3-6H2,1-2H3,(H,13,15)(H,14,16)(H,17,18)/t7?,8?,10-/m0/s1. The molecule has 0 radical (unpaired) electrons. The van der Waals surface area contributed by atoms with Gasteiger partial charge in [0.15, 0.2) is 0 Å².